The maximum absolute atomic E-state index is 6.73. The zero-order valence-electron chi connectivity index (χ0n) is 24.1. The first-order chi connectivity index (χ1) is 17.8. The molecule has 0 bridgehead atoms. The van der Waals surface area contributed by atoms with Crippen LogP contribution in [0.15, 0.2) is 91.0 Å². The summed E-state index contributed by atoms with van der Waals surface area (Å²) < 4.78 is 0. The van der Waals surface area contributed by atoms with E-state index in [4.69, 9.17) is 11.6 Å². The molecule has 38 heavy (non-hydrogen) atoms. The zero-order valence-corrected chi connectivity index (χ0v) is 24.8. The number of rotatable bonds is 4. The fraction of sp³-hybridized carbons (Fsp3) is 0.333. The van der Waals surface area contributed by atoms with E-state index >= 15 is 0 Å². The molecule has 2 heteroatoms. The molecule has 5 rings (SSSR count). The van der Waals surface area contributed by atoms with Crippen molar-refractivity contribution in [1.29, 1.82) is 0 Å². The van der Waals surface area contributed by atoms with Gasteiger partial charge in [-0.1, -0.05) is 121 Å². The van der Waals surface area contributed by atoms with Gasteiger partial charge in [0.05, 0.1) is 6.04 Å². The van der Waals surface area contributed by atoms with E-state index in [0.29, 0.717) is 0 Å². The van der Waals surface area contributed by atoms with Crippen molar-refractivity contribution in [2.45, 2.75) is 77.7 Å². The van der Waals surface area contributed by atoms with Gasteiger partial charge in [-0.25, -0.2) is 0 Å². The van der Waals surface area contributed by atoms with Crippen molar-refractivity contribution < 1.29 is 0 Å². The third kappa shape index (κ3) is 4.46. The summed E-state index contributed by atoms with van der Waals surface area (Å²) in [4.78, 5) is 2.59. The van der Waals surface area contributed by atoms with Crippen molar-refractivity contribution in [3.8, 4) is 11.1 Å². The first-order valence-corrected chi connectivity index (χ1v) is 14.1. The third-order valence-electron chi connectivity index (χ3n) is 8.45. The van der Waals surface area contributed by atoms with Crippen LogP contribution in [-0.2, 0) is 16.2 Å². The molecule has 0 aliphatic heterocycles. The van der Waals surface area contributed by atoms with Gasteiger partial charge in [0.25, 0.3) is 0 Å². The van der Waals surface area contributed by atoms with Crippen molar-refractivity contribution in [1.82, 2.24) is 0 Å². The van der Waals surface area contributed by atoms with E-state index in [1.165, 1.54) is 33.5 Å². The molecule has 0 saturated heterocycles. The molecule has 0 N–H and O–H groups in total. The Kier molecular flexibility index (Phi) is 6.51. The molecule has 1 aliphatic carbocycles. The number of anilines is 2. The topological polar surface area (TPSA) is 3.24 Å². The van der Waals surface area contributed by atoms with E-state index in [0.717, 1.165) is 16.3 Å². The number of nitrogens with zero attached hydrogens (tertiary/aromatic N) is 1. The van der Waals surface area contributed by atoms with Crippen LogP contribution in [0.1, 0.15) is 70.7 Å². The molecule has 0 unspecified atom stereocenters. The Morgan fingerprint density at radius 2 is 1.29 bits per heavy atom. The Balaban J connectivity index is 1.85. The zero-order chi connectivity index (χ0) is 27.5. The van der Waals surface area contributed by atoms with E-state index in [1.807, 2.05) is 6.07 Å². The molecule has 1 aliphatic rings. The normalized spacial score (nSPS) is 16.3. The van der Waals surface area contributed by atoms with Crippen LogP contribution in [0.5, 0.6) is 0 Å². The molecule has 0 amide bonds. The van der Waals surface area contributed by atoms with Crippen LogP contribution in [0.4, 0.5) is 11.4 Å². The predicted molar refractivity (Wildman–Crippen MR) is 165 cm³/mol. The molecular weight excluding hydrogens is 482 g/mol. The Morgan fingerprint density at radius 3 is 1.84 bits per heavy atom. The van der Waals surface area contributed by atoms with Crippen molar-refractivity contribution >= 4 is 23.0 Å². The minimum absolute atomic E-state index is 0.0433. The fourth-order valence-corrected chi connectivity index (χ4v) is 7.08. The van der Waals surface area contributed by atoms with Crippen molar-refractivity contribution in [2.75, 3.05) is 4.90 Å². The SMILES string of the molecule is Cc1cc(Cl)cc(N(c2ccc(C(C)(C)C)cc2-c2ccccc2)C2C(C)(C)c3ccccc3C2(C)C)c1. The van der Waals surface area contributed by atoms with Gasteiger partial charge in [0.1, 0.15) is 0 Å². The highest BCUT2D eigenvalue weighted by molar-refractivity contribution is 6.31. The summed E-state index contributed by atoms with van der Waals surface area (Å²) in [5.41, 5.74) is 9.99. The molecule has 0 spiro atoms. The van der Waals surface area contributed by atoms with E-state index in [2.05, 4.69) is 145 Å². The minimum Gasteiger partial charge on any atom is -0.336 e. The largest absolute Gasteiger partial charge is 0.336 e. The Morgan fingerprint density at radius 1 is 0.711 bits per heavy atom. The number of hydrogen-bond acceptors (Lipinski definition) is 1. The van der Waals surface area contributed by atoms with Crippen LogP contribution in [0.25, 0.3) is 11.1 Å². The van der Waals surface area contributed by atoms with Gasteiger partial charge >= 0.3 is 0 Å². The molecule has 4 aromatic carbocycles. The maximum Gasteiger partial charge on any atom is 0.0525 e. The quantitative estimate of drug-likeness (QED) is 0.258. The molecule has 196 valence electrons. The molecule has 0 atom stereocenters. The Bertz CT molecular complexity index is 1420. The summed E-state index contributed by atoms with van der Waals surface area (Å²) in [5, 5.41) is 0.767. The van der Waals surface area contributed by atoms with Gasteiger partial charge in [0.2, 0.25) is 0 Å². The van der Waals surface area contributed by atoms with Crippen LogP contribution in [0.3, 0.4) is 0 Å². The highest BCUT2D eigenvalue weighted by atomic mass is 35.5. The summed E-state index contributed by atoms with van der Waals surface area (Å²) in [6.45, 7) is 18.6. The second-order valence-electron chi connectivity index (χ2n) is 13.1. The third-order valence-corrected chi connectivity index (χ3v) is 8.67. The molecule has 0 aromatic heterocycles. The second-order valence-corrected chi connectivity index (χ2v) is 13.5. The average Bonchev–Trinajstić information content (AvgIpc) is 3.01. The molecule has 0 radical (unpaired) electrons. The lowest BCUT2D eigenvalue weighted by atomic mass is 9.74. The summed E-state index contributed by atoms with van der Waals surface area (Å²) in [6, 6.07) is 33.5. The predicted octanol–water partition coefficient (Wildman–Crippen LogP) is 10.4. The lowest BCUT2D eigenvalue weighted by molar-refractivity contribution is 0.327. The van der Waals surface area contributed by atoms with Gasteiger partial charge in [-0.15, -0.1) is 0 Å². The summed E-state index contributed by atoms with van der Waals surface area (Å²) in [5.74, 6) is 0. The van der Waals surface area contributed by atoms with E-state index in [-0.39, 0.29) is 22.3 Å². The second kappa shape index (κ2) is 9.31. The van der Waals surface area contributed by atoms with E-state index in [9.17, 15) is 0 Å². The molecular formula is C36H40ClN. The van der Waals surface area contributed by atoms with Crippen LogP contribution in [0, 0.1) is 6.92 Å². The first-order valence-electron chi connectivity index (χ1n) is 13.7. The van der Waals surface area contributed by atoms with Gasteiger partial charge in [-0.05, 0) is 70.5 Å². The lowest BCUT2D eigenvalue weighted by Gasteiger charge is -2.46. The standard InChI is InChI=1S/C36H40ClN/c1-24-20-27(37)23-28(21-24)38(33-35(5,6)30-16-12-13-17-31(30)36(33,7)8)32-19-18-26(34(2,3)4)22-29(32)25-14-10-9-11-15-25/h9-23,33H,1-8H3. The van der Waals surface area contributed by atoms with E-state index in [1.54, 1.807) is 0 Å². The number of benzene rings is 4. The number of halogens is 1. The highest BCUT2D eigenvalue weighted by Gasteiger charge is 2.54. The number of fused-ring (bicyclic) bond motifs is 1. The monoisotopic (exact) mass is 521 g/mol. The molecule has 0 saturated carbocycles. The minimum atomic E-state index is -0.104. The van der Waals surface area contributed by atoms with Gasteiger partial charge in [0.15, 0.2) is 0 Å². The molecule has 0 fully saturated rings. The summed E-state index contributed by atoms with van der Waals surface area (Å²) in [6.07, 6.45) is 0. The van der Waals surface area contributed by atoms with Gasteiger partial charge in [-0.3, -0.25) is 0 Å². The average molecular weight is 522 g/mol. The first kappa shape index (κ1) is 26.6. The van der Waals surface area contributed by atoms with Crippen molar-refractivity contribution in [3.05, 3.63) is 118 Å². The molecule has 4 aromatic rings. The van der Waals surface area contributed by atoms with Crippen LogP contribution >= 0.6 is 11.6 Å². The molecule has 0 heterocycles. The Hall–Kier alpha value is -3.03. The number of hydrogen-bond donors (Lipinski definition) is 0. The van der Waals surface area contributed by atoms with Crippen molar-refractivity contribution in [2.24, 2.45) is 0 Å². The van der Waals surface area contributed by atoms with Gasteiger partial charge in [0, 0.05) is 32.8 Å². The fourth-order valence-electron chi connectivity index (χ4n) is 6.79. The van der Waals surface area contributed by atoms with Gasteiger partial charge < -0.3 is 4.90 Å². The van der Waals surface area contributed by atoms with Crippen molar-refractivity contribution in [3.63, 3.8) is 0 Å². The lowest BCUT2D eigenvalue weighted by Crippen LogP contribution is -2.51. The Labute approximate surface area is 234 Å². The van der Waals surface area contributed by atoms with Crippen LogP contribution in [0.2, 0.25) is 5.02 Å². The van der Waals surface area contributed by atoms with Crippen LogP contribution in [-0.4, -0.2) is 6.04 Å². The maximum atomic E-state index is 6.73. The number of aryl methyl sites for hydroxylation is 1. The molecule has 1 nitrogen and oxygen atoms in total. The summed E-state index contributed by atoms with van der Waals surface area (Å²) >= 11 is 6.73. The van der Waals surface area contributed by atoms with E-state index < -0.39 is 0 Å². The van der Waals surface area contributed by atoms with Gasteiger partial charge in [-0.2, -0.15) is 0 Å². The van der Waals surface area contributed by atoms with Crippen LogP contribution < -0.4 is 4.90 Å². The smallest absolute Gasteiger partial charge is 0.0525 e. The highest BCUT2D eigenvalue weighted by Crippen LogP contribution is 2.55. The summed E-state index contributed by atoms with van der Waals surface area (Å²) in [7, 11) is 0.